The Kier molecular flexibility index (Phi) is 8.09. The second-order valence-corrected chi connectivity index (χ2v) is 8.07. The van der Waals surface area contributed by atoms with Crippen LogP contribution in [0.2, 0.25) is 0 Å². The number of hydrogen-bond donors (Lipinski definition) is 3. The summed E-state index contributed by atoms with van der Waals surface area (Å²) in [5.74, 6) is -0.558. The summed E-state index contributed by atoms with van der Waals surface area (Å²) in [5, 5.41) is 3.33. The summed E-state index contributed by atoms with van der Waals surface area (Å²) in [6, 6.07) is 0. The molecule has 0 spiro atoms. The number of halogens is 1. The first kappa shape index (κ1) is 22.9. The molecular formula is C16H28ClN3O5S. The monoisotopic (exact) mass is 409 g/mol. The summed E-state index contributed by atoms with van der Waals surface area (Å²) >= 11 is 0. The number of aryl methyl sites for hydroxylation is 1. The number of ether oxygens (including phenoxy) is 2. The summed E-state index contributed by atoms with van der Waals surface area (Å²) in [4.78, 5) is 14.9. The number of H-pyrrole nitrogens is 1. The van der Waals surface area contributed by atoms with E-state index in [4.69, 9.17) is 9.47 Å². The third-order valence-corrected chi connectivity index (χ3v) is 6.14. The molecule has 10 heteroatoms. The van der Waals surface area contributed by atoms with Crippen molar-refractivity contribution in [3.8, 4) is 0 Å². The lowest BCUT2D eigenvalue weighted by molar-refractivity contribution is 0.0519. The zero-order valence-corrected chi connectivity index (χ0v) is 17.2. The molecule has 150 valence electrons. The van der Waals surface area contributed by atoms with Crippen molar-refractivity contribution in [1.29, 1.82) is 0 Å². The van der Waals surface area contributed by atoms with Crippen molar-refractivity contribution in [1.82, 2.24) is 15.0 Å². The van der Waals surface area contributed by atoms with E-state index in [0.29, 0.717) is 17.9 Å². The van der Waals surface area contributed by atoms with Crippen molar-refractivity contribution in [2.45, 2.75) is 44.0 Å². The molecule has 26 heavy (non-hydrogen) atoms. The smallest absolute Gasteiger partial charge is 0.355 e. The van der Waals surface area contributed by atoms with Gasteiger partial charge >= 0.3 is 5.97 Å². The van der Waals surface area contributed by atoms with Gasteiger partial charge in [-0.25, -0.2) is 17.9 Å². The highest BCUT2D eigenvalue weighted by Gasteiger charge is 2.36. The largest absolute Gasteiger partial charge is 0.461 e. The summed E-state index contributed by atoms with van der Waals surface area (Å²) in [7, 11) is -2.18. The first-order valence-corrected chi connectivity index (χ1v) is 9.84. The van der Waals surface area contributed by atoms with Crippen LogP contribution in [0, 0.1) is 13.8 Å². The average molecular weight is 410 g/mol. The van der Waals surface area contributed by atoms with Crippen LogP contribution in [0.1, 0.15) is 41.5 Å². The van der Waals surface area contributed by atoms with Crippen LogP contribution in [0.25, 0.3) is 0 Å². The molecule has 1 aromatic heterocycles. The number of esters is 1. The molecule has 8 nitrogen and oxygen atoms in total. The number of aromatic amines is 1. The number of carbonyl (C=O) groups is 1. The number of carbonyl (C=O) groups excluding carboxylic acids is 1. The van der Waals surface area contributed by atoms with Crippen LogP contribution in [0.5, 0.6) is 0 Å². The van der Waals surface area contributed by atoms with Gasteiger partial charge in [0.05, 0.1) is 18.8 Å². The number of rotatable bonds is 8. The highest BCUT2D eigenvalue weighted by Crippen LogP contribution is 2.25. The Morgan fingerprint density at radius 2 is 2.04 bits per heavy atom. The molecule has 3 N–H and O–H groups in total. The van der Waals surface area contributed by atoms with Crippen LogP contribution in [-0.4, -0.2) is 58.3 Å². The van der Waals surface area contributed by atoms with E-state index in [1.54, 1.807) is 27.9 Å². The molecule has 1 unspecified atom stereocenters. The Balaban J connectivity index is 0.00000338. The Morgan fingerprint density at radius 1 is 1.35 bits per heavy atom. The lowest BCUT2D eigenvalue weighted by atomic mass is 9.99. The molecule has 2 heterocycles. The van der Waals surface area contributed by atoms with E-state index >= 15 is 0 Å². The van der Waals surface area contributed by atoms with Crippen molar-refractivity contribution in [3.05, 3.63) is 17.0 Å². The van der Waals surface area contributed by atoms with Crippen molar-refractivity contribution >= 4 is 28.4 Å². The summed E-state index contributed by atoms with van der Waals surface area (Å²) < 4.78 is 38.5. The van der Waals surface area contributed by atoms with Crippen LogP contribution in [-0.2, 0) is 19.5 Å². The second kappa shape index (κ2) is 9.18. The van der Waals surface area contributed by atoms with Gasteiger partial charge in [-0.3, -0.25) is 0 Å². The van der Waals surface area contributed by atoms with Crippen LogP contribution >= 0.6 is 12.4 Å². The standard InChI is InChI=1S/C16H27N3O5S.ClH/c1-5-24-15(20)13-11(2)14(12(3)19-13)25(21,22)18-9-16(10-23-4)7-6-8-17-16;/h17-19H,5-10H2,1-4H3;1H. The molecule has 0 aliphatic carbocycles. The number of nitrogens with one attached hydrogen (secondary N) is 3. The van der Waals surface area contributed by atoms with E-state index in [2.05, 4.69) is 15.0 Å². The van der Waals surface area contributed by atoms with Crippen LogP contribution < -0.4 is 10.0 Å². The molecule has 1 fully saturated rings. The van der Waals surface area contributed by atoms with E-state index in [-0.39, 0.29) is 36.1 Å². The van der Waals surface area contributed by atoms with Crippen molar-refractivity contribution in [2.24, 2.45) is 0 Å². The third kappa shape index (κ3) is 4.77. The minimum absolute atomic E-state index is 0. The molecule has 0 bridgehead atoms. The van der Waals surface area contributed by atoms with Crippen LogP contribution in [0.15, 0.2) is 4.90 Å². The lowest BCUT2D eigenvalue weighted by Crippen LogP contribution is -2.52. The fourth-order valence-electron chi connectivity index (χ4n) is 3.32. The topological polar surface area (TPSA) is 110 Å². The highest BCUT2D eigenvalue weighted by molar-refractivity contribution is 7.89. The number of hydrogen-bond acceptors (Lipinski definition) is 6. The Morgan fingerprint density at radius 3 is 2.58 bits per heavy atom. The van der Waals surface area contributed by atoms with Gasteiger partial charge in [0.15, 0.2) is 0 Å². The third-order valence-electron chi connectivity index (χ3n) is 4.47. The molecule has 2 rings (SSSR count). The SMILES string of the molecule is CCOC(=O)c1[nH]c(C)c(S(=O)(=O)NCC2(COC)CCCN2)c1C.Cl. The van der Waals surface area contributed by atoms with Crippen molar-refractivity contribution < 1.29 is 22.7 Å². The van der Waals surface area contributed by atoms with Gasteiger partial charge in [0.2, 0.25) is 10.0 Å². The molecule has 1 atom stereocenters. The highest BCUT2D eigenvalue weighted by atomic mass is 35.5. The molecular weight excluding hydrogens is 382 g/mol. The predicted octanol–water partition coefficient (Wildman–Crippen LogP) is 1.28. The zero-order chi connectivity index (χ0) is 18.7. The minimum Gasteiger partial charge on any atom is -0.461 e. The molecule has 1 aromatic rings. The Labute approximate surface area is 160 Å². The lowest BCUT2D eigenvalue weighted by Gasteiger charge is -2.28. The molecule has 0 aromatic carbocycles. The van der Waals surface area contributed by atoms with Gasteiger partial charge in [-0.1, -0.05) is 0 Å². The van der Waals surface area contributed by atoms with E-state index in [0.717, 1.165) is 19.4 Å². The van der Waals surface area contributed by atoms with E-state index in [1.807, 2.05) is 0 Å². The Bertz CT molecular complexity index is 726. The summed E-state index contributed by atoms with van der Waals surface area (Å²) in [6.45, 7) is 6.64. The van der Waals surface area contributed by atoms with E-state index < -0.39 is 21.5 Å². The fraction of sp³-hybridized carbons (Fsp3) is 0.688. The zero-order valence-electron chi connectivity index (χ0n) is 15.6. The average Bonchev–Trinajstić information content (AvgIpc) is 3.11. The fourth-order valence-corrected chi connectivity index (χ4v) is 4.89. The number of aromatic nitrogens is 1. The molecule has 1 saturated heterocycles. The first-order valence-electron chi connectivity index (χ1n) is 8.36. The minimum atomic E-state index is -3.78. The van der Waals surface area contributed by atoms with Gasteiger partial charge in [-0.2, -0.15) is 0 Å². The van der Waals surface area contributed by atoms with Gasteiger partial charge in [-0.05, 0) is 40.2 Å². The van der Waals surface area contributed by atoms with Gasteiger partial charge in [0.25, 0.3) is 0 Å². The quantitative estimate of drug-likeness (QED) is 0.558. The van der Waals surface area contributed by atoms with E-state index in [1.165, 1.54) is 0 Å². The van der Waals surface area contributed by atoms with E-state index in [9.17, 15) is 13.2 Å². The predicted molar refractivity (Wildman–Crippen MR) is 101 cm³/mol. The van der Waals surface area contributed by atoms with Gasteiger partial charge in [0, 0.05) is 24.9 Å². The van der Waals surface area contributed by atoms with Gasteiger partial charge < -0.3 is 19.8 Å². The maximum absolute atomic E-state index is 12.8. The summed E-state index contributed by atoms with van der Waals surface area (Å²) in [6.07, 6.45) is 1.81. The number of sulfonamides is 1. The van der Waals surface area contributed by atoms with Gasteiger partial charge in [0.1, 0.15) is 10.6 Å². The van der Waals surface area contributed by atoms with Gasteiger partial charge in [-0.15, -0.1) is 12.4 Å². The molecule has 0 radical (unpaired) electrons. The Hall–Kier alpha value is -1.13. The van der Waals surface area contributed by atoms with Crippen LogP contribution in [0.3, 0.4) is 0 Å². The number of methoxy groups -OCH3 is 1. The van der Waals surface area contributed by atoms with Crippen molar-refractivity contribution in [3.63, 3.8) is 0 Å². The molecule has 1 aliphatic rings. The maximum Gasteiger partial charge on any atom is 0.355 e. The summed E-state index contributed by atoms with van der Waals surface area (Å²) in [5.41, 5.74) is 0.548. The second-order valence-electron chi connectivity index (χ2n) is 6.37. The van der Waals surface area contributed by atoms with Crippen LogP contribution in [0.4, 0.5) is 0 Å². The first-order chi connectivity index (χ1) is 11.8. The maximum atomic E-state index is 12.8. The van der Waals surface area contributed by atoms with Crippen molar-refractivity contribution in [2.75, 3.05) is 33.4 Å². The molecule has 0 amide bonds. The molecule has 0 saturated carbocycles. The normalized spacial score (nSPS) is 20.0. The molecule has 1 aliphatic heterocycles.